The lowest BCUT2D eigenvalue weighted by Crippen LogP contribution is -2.10. The Morgan fingerprint density at radius 2 is 0.943 bits per heavy atom. The molecule has 2 aromatic heterocycles. The zero-order valence-electron chi connectivity index (χ0n) is 28.3. The maximum absolute atomic E-state index is 10.4. The fourth-order valence-electron chi connectivity index (χ4n) is 7.06. The van der Waals surface area contributed by atoms with Gasteiger partial charge in [-0.05, 0) is 130 Å². The molecular weight excluding hydrogens is 653 g/mol. The fourth-order valence-corrected chi connectivity index (χ4v) is 7.06. The highest BCUT2D eigenvalue weighted by atomic mass is 16.4. The summed E-state index contributed by atoms with van der Waals surface area (Å²) in [7, 11) is 0. The number of benzene rings is 8. The molecule has 248 valence electrons. The minimum Gasteiger partial charge on any atom is -0.436 e. The van der Waals surface area contributed by atoms with Crippen molar-refractivity contribution in [3.63, 3.8) is 0 Å². The second-order valence-corrected chi connectivity index (χ2v) is 13.0. The zero-order valence-corrected chi connectivity index (χ0v) is 28.3. The van der Waals surface area contributed by atoms with E-state index in [0.717, 1.165) is 72.3 Å². The Morgan fingerprint density at radius 1 is 0.434 bits per heavy atom. The van der Waals surface area contributed by atoms with Crippen molar-refractivity contribution in [2.24, 2.45) is 0 Å². The Kier molecular flexibility index (Phi) is 7.09. The Labute approximate surface area is 304 Å². The molecule has 10 aromatic rings. The summed E-state index contributed by atoms with van der Waals surface area (Å²) in [6.45, 7) is 0. The molecule has 0 aliphatic heterocycles. The maximum atomic E-state index is 10.4. The molecule has 0 aliphatic carbocycles. The van der Waals surface area contributed by atoms with Crippen LogP contribution in [0.3, 0.4) is 0 Å². The number of nitriles is 1. The Hall–Kier alpha value is -7.49. The first-order valence-electron chi connectivity index (χ1n) is 17.4. The summed E-state index contributed by atoms with van der Waals surface area (Å²) in [4.78, 5) is 11.6. The second-order valence-electron chi connectivity index (χ2n) is 13.0. The van der Waals surface area contributed by atoms with Gasteiger partial charge in [0, 0.05) is 33.6 Å². The lowest BCUT2D eigenvalue weighted by molar-refractivity contribution is 0.619. The van der Waals surface area contributed by atoms with Gasteiger partial charge in [-0.3, -0.25) is 0 Å². The van der Waals surface area contributed by atoms with Gasteiger partial charge in [-0.15, -0.1) is 0 Å². The number of rotatable bonds is 6. The van der Waals surface area contributed by atoms with Gasteiger partial charge in [0.1, 0.15) is 11.0 Å². The van der Waals surface area contributed by atoms with Crippen LogP contribution in [0.5, 0.6) is 0 Å². The van der Waals surface area contributed by atoms with Crippen molar-refractivity contribution in [3.8, 4) is 40.1 Å². The van der Waals surface area contributed by atoms with Gasteiger partial charge in [0.2, 0.25) is 11.8 Å². The van der Waals surface area contributed by atoms with E-state index in [1.54, 1.807) is 0 Å². The van der Waals surface area contributed by atoms with Crippen LogP contribution in [0.15, 0.2) is 179 Å². The molecule has 0 saturated heterocycles. The van der Waals surface area contributed by atoms with Crippen molar-refractivity contribution >= 4 is 60.8 Å². The maximum Gasteiger partial charge on any atom is 0.227 e. The van der Waals surface area contributed by atoms with Crippen LogP contribution in [0.25, 0.3) is 77.8 Å². The van der Waals surface area contributed by atoms with E-state index >= 15 is 0 Å². The first-order chi connectivity index (χ1) is 26.2. The van der Waals surface area contributed by atoms with Crippen molar-refractivity contribution in [2.45, 2.75) is 0 Å². The third kappa shape index (κ3) is 5.45. The van der Waals surface area contributed by atoms with Gasteiger partial charge in [0.25, 0.3) is 0 Å². The summed E-state index contributed by atoms with van der Waals surface area (Å²) < 4.78 is 12.1. The average Bonchev–Trinajstić information content (AvgIpc) is 3.86. The quantitative estimate of drug-likeness (QED) is 0.174. The first-order valence-corrected chi connectivity index (χ1v) is 17.4. The molecule has 8 aromatic carbocycles. The van der Waals surface area contributed by atoms with Gasteiger partial charge in [-0.1, -0.05) is 66.7 Å². The highest BCUT2D eigenvalue weighted by Crippen LogP contribution is 2.40. The van der Waals surface area contributed by atoms with Gasteiger partial charge in [0.05, 0.1) is 11.6 Å². The van der Waals surface area contributed by atoms with Gasteiger partial charge < -0.3 is 13.7 Å². The summed E-state index contributed by atoms with van der Waals surface area (Å²) in [6.07, 6.45) is 0. The molecule has 6 heteroatoms. The summed E-state index contributed by atoms with van der Waals surface area (Å²) >= 11 is 0. The van der Waals surface area contributed by atoms with Gasteiger partial charge in [-0.25, -0.2) is 9.97 Å². The molecule has 2 heterocycles. The number of hydrogen-bond acceptors (Lipinski definition) is 6. The van der Waals surface area contributed by atoms with Crippen LogP contribution in [0.1, 0.15) is 5.56 Å². The molecular formula is C47H28N4O2. The van der Waals surface area contributed by atoms with E-state index in [9.17, 15) is 5.26 Å². The molecule has 0 aliphatic rings. The molecule has 0 fully saturated rings. The fraction of sp³-hybridized carbons (Fsp3) is 0. The average molecular weight is 681 g/mol. The Balaban J connectivity index is 1.07. The molecule has 0 amide bonds. The molecule has 0 N–H and O–H groups in total. The highest BCUT2D eigenvalue weighted by Gasteiger charge is 2.17. The van der Waals surface area contributed by atoms with Crippen LogP contribution >= 0.6 is 0 Å². The number of fused-ring (bicyclic) bond motifs is 4. The zero-order chi connectivity index (χ0) is 35.3. The topological polar surface area (TPSA) is 79.1 Å². The normalized spacial score (nSPS) is 11.4. The number of anilines is 3. The summed E-state index contributed by atoms with van der Waals surface area (Å²) in [6, 6.07) is 59.6. The van der Waals surface area contributed by atoms with Crippen molar-refractivity contribution in [1.82, 2.24) is 9.97 Å². The van der Waals surface area contributed by atoms with Crippen LogP contribution in [0.2, 0.25) is 0 Å². The van der Waals surface area contributed by atoms with Gasteiger partial charge in [0.15, 0.2) is 11.2 Å². The van der Waals surface area contributed by atoms with E-state index in [2.05, 4.69) is 89.8 Å². The van der Waals surface area contributed by atoms with Gasteiger partial charge >= 0.3 is 0 Å². The molecule has 6 nitrogen and oxygen atoms in total. The number of nitrogens with zero attached hydrogens (tertiary/aromatic N) is 4. The lowest BCUT2D eigenvalue weighted by Gasteiger charge is -2.26. The minimum absolute atomic E-state index is 0.568. The van der Waals surface area contributed by atoms with Crippen molar-refractivity contribution in [2.75, 3.05) is 4.90 Å². The largest absolute Gasteiger partial charge is 0.436 e. The van der Waals surface area contributed by atoms with E-state index in [4.69, 9.17) is 18.8 Å². The summed E-state index contributed by atoms with van der Waals surface area (Å²) in [5.41, 5.74) is 10.4. The van der Waals surface area contributed by atoms with Crippen LogP contribution in [0.4, 0.5) is 17.1 Å². The molecule has 0 saturated carbocycles. The van der Waals surface area contributed by atoms with E-state index in [1.165, 1.54) is 10.8 Å². The molecule has 0 atom stereocenters. The predicted molar refractivity (Wildman–Crippen MR) is 212 cm³/mol. The van der Waals surface area contributed by atoms with Crippen LogP contribution < -0.4 is 4.90 Å². The number of oxazole rings is 2. The standard InChI is InChI=1S/C47H28N4O2/c48-29-37-27-36(34-14-13-30-7-1-2-8-33(30)25-34)26-35-19-24-40(28-41(35)37)51(38-20-15-31(16-21-38)46-49-42-9-3-5-11-44(42)52-46)39-22-17-32(18-23-39)47-50-43-10-4-6-12-45(43)53-47/h1-28H. The van der Waals surface area contributed by atoms with Crippen LogP contribution in [-0.2, 0) is 0 Å². The van der Waals surface area contributed by atoms with Crippen molar-refractivity contribution < 1.29 is 8.83 Å². The molecule has 10 rings (SSSR count). The van der Waals surface area contributed by atoms with Crippen molar-refractivity contribution in [3.05, 3.63) is 175 Å². The Bertz CT molecular complexity index is 2840. The molecule has 0 radical (unpaired) electrons. The third-order valence-electron chi connectivity index (χ3n) is 9.73. The van der Waals surface area contributed by atoms with E-state index < -0.39 is 0 Å². The van der Waals surface area contributed by atoms with E-state index in [-0.39, 0.29) is 0 Å². The second kappa shape index (κ2) is 12.4. The summed E-state index contributed by atoms with van der Waals surface area (Å²) in [5, 5.41) is 14.7. The van der Waals surface area contributed by atoms with E-state index in [0.29, 0.717) is 17.3 Å². The number of hydrogen-bond donors (Lipinski definition) is 0. The van der Waals surface area contributed by atoms with Crippen LogP contribution in [-0.4, -0.2) is 9.97 Å². The van der Waals surface area contributed by atoms with E-state index in [1.807, 2.05) is 91.0 Å². The predicted octanol–water partition coefficient (Wildman–Crippen LogP) is 12.6. The third-order valence-corrected chi connectivity index (χ3v) is 9.73. The molecule has 0 spiro atoms. The smallest absolute Gasteiger partial charge is 0.227 e. The molecule has 0 unspecified atom stereocenters. The monoisotopic (exact) mass is 680 g/mol. The first kappa shape index (κ1) is 30.3. The number of aromatic nitrogens is 2. The van der Waals surface area contributed by atoms with Gasteiger partial charge in [-0.2, -0.15) is 5.26 Å². The molecule has 0 bridgehead atoms. The molecule has 53 heavy (non-hydrogen) atoms. The summed E-state index contributed by atoms with van der Waals surface area (Å²) in [5.74, 6) is 1.14. The number of para-hydroxylation sites is 4. The van der Waals surface area contributed by atoms with Crippen LogP contribution in [0, 0.1) is 11.3 Å². The minimum atomic E-state index is 0.568. The van der Waals surface area contributed by atoms with Crippen molar-refractivity contribution in [1.29, 1.82) is 5.26 Å². The SMILES string of the molecule is N#Cc1cc(-c2ccc3ccccc3c2)cc2ccc(N(c3ccc(-c4nc5ccccc5o4)cc3)c3ccc(-c4nc5ccccc5o4)cc3)cc12. The highest BCUT2D eigenvalue weighted by molar-refractivity contribution is 5.97. The lowest BCUT2D eigenvalue weighted by atomic mass is 9.95. The Morgan fingerprint density at radius 3 is 1.55 bits per heavy atom.